The number of aromatic nitrogens is 2. The molecule has 10 heteroatoms. The molecule has 0 radical (unpaired) electrons. The number of aryl methyl sites for hydroxylation is 2. The van der Waals surface area contributed by atoms with Crippen molar-refractivity contribution in [1.82, 2.24) is 9.55 Å². The topological polar surface area (TPSA) is 50.6 Å². The van der Waals surface area contributed by atoms with Crippen molar-refractivity contribution in [2.24, 2.45) is 13.0 Å². The zero-order valence-corrected chi connectivity index (χ0v) is 20.0. The van der Waals surface area contributed by atoms with Crippen LogP contribution in [0, 0.1) is 12.8 Å². The number of rotatable bonds is 4. The molecule has 4 rings (SSSR count). The second kappa shape index (κ2) is 8.55. The van der Waals surface area contributed by atoms with E-state index < -0.39 is 6.36 Å². The van der Waals surface area contributed by atoms with Gasteiger partial charge in [-0.2, -0.15) is 0 Å². The van der Waals surface area contributed by atoms with Gasteiger partial charge in [-0.25, -0.2) is 4.98 Å². The lowest BCUT2D eigenvalue weighted by molar-refractivity contribution is -0.274. The SMILES string of the molecule is Cc1nc2c(N3C[C@@H](C)C(N(C)c4ccc(OC(F)(F)F)cc4)C[C@@H]3C)cc(=O)n(C)c2s1. The maximum atomic E-state index is 12.6. The van der Waals surface area contributed by atoms with E-state index in [4.69, 9.17) is 4.98 Å². The molecule has 1 aromatic carbocycles. The van der Waals surface area contributed by atoms with E-state index in [1.807, 2.05) is 14.0 Å². The summed E-state index contributed by atoms with van der Waals surface area (Å²) in [6, 6.07) is 7.98. The van der Waals surface area contributed by atoms with Crippen molar-refractivity contribution in [2.45, 2.75) is 45.6 Å². The fraction of sp³-hybridized carbons (Fsp3) is 0.478. The molecule has 178 valence electrons. The maximum Gasteiger partial charge on any atom is 0.573 e. The third-order valence-electron chi connectivity index (χ3n) is 6.39. The molecule has 6 nitrogen and oxygen atoms in total. The van der Waals surface area contributed by atoms with Crippen molar-refractivity contribution in [3.63, 3.8) is 0 Å². The van der Waals surface area contributed by atoms with E-state index in [2.05, 4.69) is 28.4 Å². The molecule has 1 unspecified atom stereocenters. The highest BCUT2D eigenvalue weighted by atomic mass is 32.1. The number of halogens is 3. The van der Waals surface area contributed by atoms with Gasteiger partial charge in [0.05, 0.1) is 10.7 Å². The van der Waals surface area contributed by atoms with Crippen LogP contribution in [0.15, 0.2) is 35.1 Å². The molecule has 3 heterocycles. The molecule has 0 amide bonds. The molecule has 0 aliphatic carbocycles. The second-order valence-corrected chi connectivity index (χ2v) is 9.93. The second-order valence-electron chi connectivity index (χ2n) is 8.75. The fourth-order valence-electron chi connectivity index (χ4n) is 4.68. The summed E-state index contributed by atoms with van der Waals surface area (Å²) >= 11 is 1.52. The van der Waals surface area contributed by atoms with Crippen LogP contribution in [0.1, 0.15) is 25.3 Å². The number of thiazole rings is 1. The van der Waals surface area contributed by atoms with E-state index in [9.17, 15) is 18.0 Å². The number of piperidine rings is 1. The Morgan fingerprint density at radius 1 is 1.21 bits per heavy atom. The van der Waals surface area contributed by atoms with E-state index in [1.54, 1.807) is 29.8 Å². The minimum Gasteiger partial charge on any atom is -0.406 e. The van der Waals surface area contributed by atoms with Crippen LogP contribution >= 0.6 is 11.3 Å². The number of anilines is 2. The third kappa shape index (κ3) is 4.66. The Morgan fingerprint density at radius 2 is 1.88 bits per heavy atom. The summed E-state index contributed by atoms with van der Waals surface area (Å²) in [5.74, 6) is 0.0141. The van der Waals surface area contributed by atoms with Gasteiger partial charge in [0.1, 0.15) is 16.1 Å². The summed E-state index contributed by atoms with van der Waals surface area (Å²) in [5, 5.41) is 0.917. The van der Waals surface area contributed by atoms with Crippen molar-refractivity contribution in [1.29, 1.82) is 0 Å². The van der Waals surface area contributed by atoms with Crippen LogP contribution < -0.4 is 20.1 Å². The molecule has 0 spiro atoms. The molecular formula is C23H27F3N4O2S. The number of hydrogen-bond donors (Lipinski definition) is 0. The Balaban J connectivity index is 1.56. The average Bonchev–Trinajstić information content (AvgIpc) is 3.13. The van der Waals surface area contributed by atoms with Gasteiger partial charge in [0, 0.05) is 44.5 Å². The van der Waals surface area contributed by atoms with Gasteiger partial charge in [0.25, 0.3) is 5.56 Å². The first-order valence-electron chi connectivity index (χ1n) is 10.8. The van der Waals surface area contributed by atoms with Crippen molar-refractivity contribution in [2.75, 3.05) is 23.4 Å². The van der Waals surface area contributed by atoms with Crippen molar-refractivity contribution >= 4 is 33.1 Å². The molecule has 0 N–H and O–H groups in total. The lowest BCUT2D eigenvalue weighted by atomic mass is 9.87. The van der Waals surface area contributed by atoms with Crippen LogP contribution in [-0.2, 0) is 7.05 Å². The number of hydrogen-bond acceptors (Lipinski definition) is 6. The largest absolute Gasteiger partial charge is 0.573 e. The van der Waals surface area contributed by atoms with E-state index in [1.165, 1.54) is 23.5 Å². The summed E-state index contributed by atoms with van der Waals surface area (Å²) < 4.78 is 43.0. The van der Waals surface area contributed by atoms with Crippen molar-refractivity contribution < 1.29 is 17.9 Å². The number of alkyl halides is 3. The van der Waals surface area contributed by atoms with Gasteiger partial charge in [-0.05, 0) is 50.5 Å². The highest BCUT2D eigenvalue weighted by Gasteiger charge is 2.35. The Bertz CT molecular complexity index is 1210. The van der Waals surface area contributed by atoms with Gasteiger partial charge in [0.2, 0.25) is 0 Å². The van der Waals surface area contributed by atoms with E-state index >= 15 is 0 Å². The summed E-state index contributed by atoms with van der Waals surface area (Å²) in [5.41, 5.74) is 2.49. The van der Waals surface area contributed by atoms with E-state index in [0.717, 1.165) is 39.7 Å². The normalized spacial score (nSPS) is 21.5. The minimum absolute atomic E-state index is 0.0542. The lowest BCUT2D eigenvalue weighted by Gasteiger charge is -2.46. The monoisotopic (exact) mass is 480 g/mol. The quantitative estimate of drug-likeness (QED) is 0.529. The van der Waals surface area contributed by atoms with Gasteiger partial charge in [0.15, 0.2) is 0 Å². The molecule has 3 aromatic rings. The van der Waals surface area contributed by atoms with Gasteiger partial charge < -0.3 is 19.1 Å². The molecular weight excluding hydrogens is 453 g/mol. The highest BCUT2D eigenvalue weighted by molar-refractivity contribution is 7.18. The van der Waals surface area contributed by atoms with Gasteiger partial charge in [-0.15, -0.1) is 24.5 Å². The molecule has 3 atom stereocenters. The Morgan fingerprint density at radius 3 is 2.52 bits per heavy atom. The summed E-state index contributed by atoms with van der Waals surface area (Å²) in [4.78, 5) is 22.5. The molecule has 1 aliphatic heterocycles. The molecule has 0 saturated carbocycles. The first-order chi connectivity index (χ1) is 15.4. The Hall–Kier alpha value is -2.75. The number of ether oxygens (including phenoxy) is 1. The van der Waals surface area contributed by atoms with Crippen LogP contribution in [0.5, 0.6) is 5.75 Å². The average molecular weight is 481 g/mol. The first-order valence-corrected chi connectivity index (χ1v) is 11.6. The number of pyridine rings is 1. The van der Waals surface area contributed by atoms with Gasteiger partial charge in [-0.3, -0.25) is 4.79 Å². The number of nitrogens with zero attached hydrogens (tertiary/aromatic N) is 4. The Kier molecular flexibility index (Phi) is 6.07. The van der Waals surface area contributed by atoms with Crippen LogP contribution in [0.4, 0.5) is 24.5 Å². The number of benzene rings is 1. The smallest absolute Gasteiger partial charge is 0.406 e. The summed E-state index contributed by atoms with van der Waals surface area (Å²) in [6.07, 6.45) is -3.87. The predicted molar refractivity (Wildman–Crippen MR) is 126 cm³/mol. The summed E-state index contributed by atoms with van der Waals surface area (Å²) in [7, 11) is 3.73. The molecule has 33 heavy (non-hydrogen) atoms. The number of fused-ring (bicyclic) bond motifs is 1. The molecule has 1 fully saturated rings. The lowest BCUT2D eigenvalue weighted by Crippen LogP contribution is -2.53. The van der Waals surface area contributed by atoms with E-state index in [0.29, 0.717) is 0 Å². The van der Waals surface area contributed by atoms with Crippen LogP contribution in [0.2, 0.25) is 0 Å². The standard InChI is InChI=1S/C23H27F3N4O2S/c1-13-12-30(19-11-20(31)29(5)22-21(19)27-15(3)33-22)14(2)10-18(13)28(4)16-6-8-17(9-7-16)32-23(24,25)26/h6-9,11,13-14,18H,10,12H2,1-5H3/t13-,14+,18?/m1/s1. The van der Waals surface area contributed by atoms with Gasteiger partial charge >= 0.3 is 6.36 Å². The molecule has 0 bridgehead atoms. The predicted octanol–water partition coefficient (Wildman–Crippen LogP) is 4.94. The van der Waals surface area contributed by atoms with Gasteiger partial charge in [-0.1, -0.05) is 6.92 Å². The third-order valence-corrected chi connectivity index (χ3v) is 7.44. The zero-order valence-electron chi connectivity index (χ0n) is 19.2. The van der Waals surface area contributed by atoms with Crippen LogP contribution in [-0.4, -0.2) is 41.6 Å². The molecule has 1 aliphatic rings. The first kappa shape index (κ1) is 23.4. The van der Waals surface area contributed by atoms with E-state index in [-0.39, 0.29) is 29.3 Å². The maximum absolute atomic E-state index is 12.6. The van der Waals surface area contributed by atoms with Crippen LogP contribution in [0.3, 0.4) is 0 Å². The molecule has 1 saturated heterocycles. The molecule has 2 aromatic heterocycles. The highest BCUT2D eigenvalue weighted by Crippen LogP contribution is 2.36. The summed E-state index contributed by atoms with van der Waals surface area (Å²) in [6.45, 7) is 6.97. The Labute approximate surface area is 194 Å². The zero-order chi connectivity index (χ0) is 24.1. The fourth-order valence-corrected chi connectivity index (χ4v) is 5.57. The van der Waals surface area contributed by atoms with Crippen molar-refractivity contribution in [3.8, 4) is 5.75 Å². The van der Waals surface area contributed by atoms with Crippen LogP contribution in [0.25, 0.3) is 10.3 Å². The van der Waals surface area contributed by atoms with Crippen molar-refractivity contribution in [3.05, 3.63) is 45.7 Å². The minimum atomic E-state index is -4.70.